The third kappa shape index (κ3) is 14.7. The molecule has 90 heavy (non-hydrogen) atoms. The van der Waals surface area contributed by atoms with Crippen LogP contribution in [0.1, 0.15) is 126 Å². The van der Waals surface area contributed by atoms with Gasteiger partial charge in [0.1, 0.15) is 18.3 Å². The van der Waals surface area contributed by atoms with Crippen LogP contribution in [-0.2, 0) is 68.7 Å². The molecule has 0 aromatic heterocycles. The van der Waals surface area contributed by atoms with Crippen molar-refractivity contribution in [3.63, 3.8) is 0 Å². The minimum Gasteiger partial charge on any atom is -0.872 e. The molecule has 7 aliphatic rings. The van der Waals surface area contributed by atoms with Gasteiger partial charge in [-0.15, -0.1) is 41.1 Å². The van der Waals surface area contributed by atoms with Crippen LogP contribution >= 0.6 is 7.82 Å². The van der Waals surface area contributed by atoms with Gasteiger partial charge in [0.25, 0.3) is 7.82 Å². The fourth-order valence-electron chi connectivity index (χ4n) is 15.5. The number of nitrogens with zero attached hydrogens (tertiary/aromatic N) is 5. The molecule has 0 spiro atoms. The van der Waals surface area contributed by atoms with Crippen LogP contribution in [0.2, 0.25) is 0 Å². The summed E-state index contributed by atoms with van der Waals surface area (Å²) in [6, 6.07) is 0.313. The van der Waals surface area contributed by atoms with Crippen molar-refractivity contribution in [1.29, 1.82) is 0 Å². The number of ether oxygens (including phenoxy) is 1. The summed E-state index contributed by atoms with van der Waals surface area (Å²) in [5, 5.41) is 61.4. The number of allylic oxidation sites excluding steroid dienone is 3. The molecular formula is C60H89CoN13O15P-7. The molecule has 5 fully saturated rings. The van der Waals surface area contributed by atoms with Crippen LogP contribution in [0.15, 0.2) is 52.5 Å². The van der Waals surface area contributed by atoms with Crippen LogP contribution in [0.4, 0.5) is 11.4 Å². The van der Waals surface area contributed by atoms with Crippen LogP contribution in [0.5, 0.6) is 5.75 Å². The molecule has 5 saturated heterocycles. The predicted octanol–water partition coefficient (Wildman–Crippen LogP) is 2.40. The molecule has 505 valence electrons. The monoisotopic (exact) mass is 1320 g/mol. The number of rotatable bonds is 25. The number of hydrogen-bond donors (Lipinski definition) is 10. The van der Waals surface area contributed by atoms with Gasteiger partial charge < -0.3 is 113 Å². The molecule has 7 amide bonds. The van der Waals surface area contributed by atoms with E-state index in [9.17, 15) is 58.3 Å². The van der Waals surface area contributed by atoms with Crippen molar-refractivity contribution in [2.45, 2.75) is 187 Å². The van der Waals surface area contributed by atoms with Crippen LogP contribution in [0, 0.1) is 52.8 Å². The molecule has 8 bridgehead atoms. The van der Waals surface area contributed by atoms with Gasteiger partial charge in [-0.3, -0.25) is 38.1 Å². The third-order valence-electron chi connectivity index (χ3n) is 20.1. The minimum atomic E-state index is -5.32. The first-order valence-corrected chi connectivity index (χ1v) is 31.4. The number of amides is 7. The van der Waals surface area contributed by atoms with Gasteiger partial charge in [0.2, 0.25) is 41.4 Å². The number of aliphatic hydroxyl groups is 2. The summed E-state index contributed by atoms with van der Waals surface area (Å²) < 4.78 is 30.0. The van der Waals surface area contributed by atoms with Crippen molar-refractivity contribution in [3.05, 3.63) is 81.2 Å². The van der Waals surface area contributed by atoms with Gasteiger partial charge in [-0.25, -0.2) is 0 Å². The Morgan fingerprint density at radius 3 is 2.02 bits per heavy atom. The Kier molecular flexibility index (Phi) is 22.8. The molecule has 1 radical (unpaired) electrons. The molecule has 0 saturated carbocycles. The smallest absolute Gasteiger partial charge is 0.268 e. The number of hydrogen-bond acceptors (Lipinski definition) is 17. The summed E-state index contributed by atoms with van der Waals surface area (Å²) >= 11 is 0. The maximum Gasteiger partial charge on any atom is 0.268 e. The molecule has 30 heteroatoms. The summed E-state index contributed by atoms with van der Waals surface area (Å²) in [6.07, 6.45) is -5.93. The summed E-state index contributed by atoms with van der Waals surface area (Å²) in [5.74, 6) is -7.31. The molecule has 1 aromatic rings. The average Bonchev–Trinajstić information content (AvgIpc) is 1.57. The van der Waals surface area contributed by atoms with Crippen molar-refractivity contribution in [3.8, 4) is 5.75 Å². The van der Waals surface area contributed by atoms with Gasteiger partial charge in [0.05, 0.1) is 30.8 Å². The molecule has 16 N–H and O–H groups in total. The molecule has 7 heterocycles. The number of carbonyl (C=O) groups is 7. The van der Waals surface area contributed by atoms with Crippen molar-refractivity contribution < 1.29 is 88.9 Å². The molecule has 18 atom stereocenters. The van der Waals surface area contributed by atoms with E-state index in [1.807, 2.05) is 54.5 Å². The van der Waals surface area contributed by atoms with E-state index >= 15 is 0 Å². The number of nitrogens with one attached hydrogen (secondary N) is 2. The molecule has 1 aromatic carbocycles. The number of carbonyl (C=O) groups excluding carboxylic acids is 7. The van der Waals surface area contributed by atoms with Crippen molar-refractivity contribution >= 4 is 60.5 Å². The van der Waals surface area contributed by atoms with Crippen LogP contribution < -0.4 is 59.9 Å². The number of aliphatic hydroxyl groups excluding tert-OH is 2. The summed E-state index contributed by atoms with van der Waals surface area (Å²) in [5.41, 5.74) is 35.4. The standard InChI is InChI=1S/C59H88N13O15P.CH3.Co/c1-27(86-88(83,84)87-52-39(25-73)85-55(51(52)82)72-26-67-35-12-9-30(74)17-38(35)72)24-66-48(81)15-16-57(6)33(18-44(62)77)37-21-41-58(7,22-46(64)79)32(11-14-43(61)76)50(71-41)29(3)54-59(8,23-47(65)80)34(19-45(63)78)36(69-54)20-40-56(4,5)31(10-13-42(60)75)49(70-40)28(2)53(57)68-37;;/h9,12,17,20,27,31-34,37,39-41,51-55,67,73-74,82H,10-11,13-16,18-19,21-26H2,1-8H3,(H2,60,75)(H2,61,76)(H2,62,77)(H2,63,78)(H2,64,79)(H2,65,80)(H,66,81)(H,83,84);1H3;/q-4;-1;/p-2. The average molecular weight is 1320 g/mol. The first-order valence-electron chi connectivity index (χ1n) is 29.9. The fourth-order valence-corrected chi connectivity index (χ4v) is 16.6. The zero-order valence-corrected chi connectivity index (χ0v) is 54.4. The number of phosphoric ester groups is 1. The number of benzene rings is 1. The second-order valence-corrected chi connectivity index (χ2v) is 27.8. The Balaban J connectivity index is 0.00000645. The van der Waals surface area contributed by atoms with E-state index in [0.29, 0.717) is 39.6 Å². The molecular weight excluding hydrogens is 1230 g/mol. The third-order valence-corrected chi connectivity index (χ3v) is 21.2. The Hall–Kier alpha value is -6.01. The second kappa shape index (κ2) is 28.1. The molecule has 8 rings (SSSR count). The van der Waals surface area contributed by atoms with Gasteiger partial charge in [-0.2, -0.15) is 17.1 Å². The quantitative estimate of drug-likeness (QED) is 0.0496. The summed E-state index contributed by atoms with van der Waals surface area (Å²) in [7, 11) is -5.32. The number of fused-ring (bicyclic) bond motifs is 9. The van der Waals surface area contributed by atoms with E-state index in [1.54, 1.807) is 6.07 Å². The van der Waals surface area contributed by atoms with Gasteiger partial charge in [0, 0.05) is 68.3 Å². The predicted molar refractivity (Wildman–Crippen MR) is 325 cm³/mol. The van der Waals surface area contributed by atoms with E-state index in [2.05, 4.69) is 10.6 Å². The topological polar surface area (TPSA) is 491 Å². The Morgan fingerprint density at radius 2 is 1.42 bits per heavy atom. The van der Waals surface area contributed by atoms with Crippen molar-refractivity contribution in [2.24, 2.45) is 79.7 Å². The maximum absolute atomic E-state index is 14.2. The van der Waals surface area contributed by atoms with Crippen LogP contribution in [0.25, 0.3) is 21.3 Å². The zero-order chi connectivity index (χ0) is 64.9. The van der Waals surface area contributed by atoms with Gasteiger partial charge in [0.15, 0.2) is 6.23 Å². The van der Waals surface area contributed by atoms with E-state index in [1.165, 1.54) is 24.0 Å². The Bertz CT molecular complexity index is 3080. The van der Waals surface area contributed by atoms with Crippen LogP contribution in [0.3, 0.4) is 0 Å². The number of nitrogens with two attached hydrogens (primary N) is 6. The molecule has 0 aliphatic carbocycles. The van der Waals surface area contributed by atoms with Gasteiger partial charge in [-0.1, -0.05) is 59.2 Å². The van der Waals surface area contributed by atoms with E-state index in [-0.39, 0.29) is 114 Å². The minimum absolute atomic E-state index is 0. The van der Waals surface area contributed by atoms with E-state index < -0.39 is 162 Å². The van der Waals surface area contributed by atoms with Crippen LogP contribution in [-0.4, -0.2) is 132 Å². The van der Waals surface area contributed by atoms with Crippen molar-refractivity contribution in [1.82, 2.24) is 5.32 Å². The van der Waals surface area contributed by atoms with E-state index in [4.69, 9.17) is 69.5 Å². The first-order chi connectivity index (χ1) is 41.0. The Labute approximate surface area is 536 Å². The largest absolute Gasteiger partial charge is 0.872 e. The Morgan fingerprint density at radius 1 is 0.822 bits per heavy atom. The normalized spacial score (nSPS) is 34.0. The zero-order valence-electron chi connectivity index (χ0n) is 52.5. The van der Waals surface area contributed by atoms with Crippen molar-refractivity contribution in [2.75, 3.05) is 30.0 Å². The number of primary amides is 6. The second-order valence-electron chi connectivity index (χ2n) is 26.5. The molecule has 28 nitrogen and oxygen atoms in total. The molecule has 18 unspecified atom stereocenters. The van der Waals surface area contributed by atoms with Gasteiger partial charge >= 0.3 is 0 Å². The fraction of sp³-hybridized carbons (Fsp3) is 0.667. The summed E-state index contributed by atoms with van der Waals surface area (Å²) in [6.45, 7) is 13.6. The SMILES string of the molecule is CC1=C2[N-]C(CC3[N-]C(C(C)=C4[N-]C(C=C5[N-]C1C(C)(CC(N)=O)C5CC(N)=O)C(C)(C)C4CCC(N)=O)C(C)(CCC(=O)NCC(C)OP(=O)([O-])OC1C(CO)OC(N4CNc5ccc([O-])cc54)C1O)C3CC(N)=O)C(C)(CC(N)=O)C2CCC(N)=O.[CH3-].[Co]. The number of anilines is 2. The maximum atomic E-state index is 14.2. The number of phosphoric acid groups is 1. The molecule has 7 aliphatic heterocycles. The summed E-state index contributed by atoms with van der Waals surface area (Å²) in [4.78, 5) is 108. The first kappa shape index (κ1) is 73.0. The van der Waals surface area contributed by atoms with Gasteiger partial charge in [-0.05, 0) is 97.5 Å². The van der Waals surface area contributed by atoms with E-state index in [0.717, 1.165) is 0 Å².